The average molecular weight is 385 g/mol. The molecule has 9 heteroatoms. The van der Waals surface area contributed by atoms with Crippen LogP contribution in [-0.4, -0.2) is 37.1 Å². The van der Waals surface area contributed by atoms with Gasteiger partial charge in [0, 0.05) is 16.6 Å². The highest BCUT2D eigenvalue weighted by Crippen LogP contribution is 2.29. The Kier molecular flexibility index (Phi) is 4.42. The van der Waals surface area contributed by atoms with Crippen LogP contribution < -0.4 is 15.8 Å². The van der Waals surface area contributed by atoms with Gasteiger partial charge in [0.25, 0.3) is 0 Å². The summed E-state index contributed by atoms with van der Waals surface area (Å²) in [6.07, 6.45) is 1.81. The number of benzene rings is 2. The van der Waals surface area contributed by atoms with Crippen molar-refractivity contribution in [2.45, 2.75) is 23.8 Å². The zero-order chi connectivity index (χ0) is 19.0. The Morgan fingerprint density at radius 2 is 2.07 bits per heavy atom. The second kappa shape index (κ2) is 6.76. The lowest BCUT2D eigenvalue weighted by Gasteiger charge is -2.11. The van der Waals surface area contributed by atoms with Crippen molar-refractivity contribution in [3.8, 4) is 11.3 Å². The van der Waals surface area contributed by atoms with E-state index in [1.807, 2.05) is 12.1 Å². The number of hydrogen-bond donors (Lipinski definition) is 4. The summed E-state index contributed by atoms with van der Waals surface area (Å²) in [5.41, 5.74) is 2.65. The first-order valence-corrected chi connectivity index (χ1v) is 10.1. The van der Waals surface area contributed by atoms with Crippen LogP contribution >= 0.6 is 0 Å². The summed E-state index contributed by atoms with van der Waals surface area (Å²) in [7, 11) is -3.81. The van der Waals surface area contributed by atoms with E-state index < -0.39 is 10.0 Å². The van der Waals surface area contributed by atoms with E-state index in [1.165, 1.54) is 12.1 Å². The summed E-state index contributed by atoms with van der Waals surface area (Å²) in [4.78, 5) is 12.3. The number of fused-ring (bicyclic) bond motifs is 1. The van der Waals surface area contributed by atoms with Gasteiger partial charge in [0.2, 0.25) is 15.9 Å². The summed E-state index contributed by atoms with van der Waals surface area (Å²) < 4.78 is 23.2. The van der Waals surface area contributed by atoms with Gasteiger partial charge in [-0.3, -0.25) is 9.89 Å². The second-order valence-corrected chi connectivity index (χ2v) is 8.11. The first-order chi connectivity index (χ1) is 12.9. The number of primary sulfonamides is 1. The number of amides is 1. The lowest BCUT2D eigenvalue weighted by molar-refractivity contribution is -0.117. The molecule has 0 unspecified atom stereocenters. The van der Waals surface area contributed by atoms with Crippen LogP contribution in [0.25, 0.3) is 22.2 Å². The van der Waals surface area contributed by atoms with E-state index in [-0.39, 0.29) is 16.8 Å². The van der Waals surface area contributed by atoms with E-state index in [1.54, 1.807) is 18.2 Å². The molecule has 140 valence electrons. The van der Waals surface area contributed by atoms with Crippen molar-refractivity contribution >= 4 is 32.5 Å². The van der Waals surface area contributed by atoms with E-state index in [9.17, 15) is 13.2 Å². The van der Waals surface area contributed by atoms with Gasteiger partial charge in [-0.15, -0.1) is 0 Å². The predicted molar refractivity (Wildman–Crippen MR) is 103 cm³/mol. The monoisotopic (exact) mass is 385 g/mol. The van der Waals surface area contributed by atoms with Crippen LogP contribution in [0.5, 0.6) is 0 Å². The van der Waals surface area contributed by atoms with Crippen molar-refractivity contribution in [2.75, 3.05) is 11.9 Å². The zero-order valence-corrected chi connectivity index (χ0v) is 15.2. The normalized spacial score (nSPS) is 17.3. The molecule has 1 aliphatic heterocycles. The minimum Gasteiger partial charge on any atom is -0.325 e. The Balaban J connectivity index is 1.69. The number of sulfonamides is 1. The molecule has 1 aromatic heterocycles. The molecular formula is C18H19N5O3S. The Hall–Kier alpha value is -2.75. The Morgan fingerprint density at radius 3 is 2.81 bits per heavy atom. The molecule has 0 bridgehead atoms. The number of rotatable bonds is 4. The van der Waals surface area contributed by atoms with Gasteiger partial charge in [-0.25, -0.2) is 13.6 Å². The van der Waals surface area contributed by atoms with Crippen molar-refractivity contribution in [1.82, 2.24) is 15.5 Å². The van der Waals surface area contributed by atoms with Gasteiger partial charge >= 0.3 is 0 Å². The number of aromatic nitrogens is 2. The fraction of sp³-hybridized carbons (Fsp3) is 0.222. The third-order valence-electron chi connectivity index (χ3n) is 4.64. The Labute approximate surface area is 156 Å². The summed E-state index contributed by atoms with van der Waals surface area (Å²) >= 11 is 0. The third-order valence-corrected chi connectivity index (χ3v) is 5.55. The second-order valence-electron chi connectivity index (χ2n) is 6.54. The van der Waals surface area contributed by atoms with Gasteiger partial charge in [0.15, 0.2) is 0 Å². The highest BCUT2D eigenvalue weighted by molar-refractivity contribution is 7.89. The molecule has 1 amide bonds. The molecular weight excluding hydrogens is 366 g/mol. The van der Waals surface area contributed by atoms with Gasteiger partial charge in [-0.1, -0.05) is 12.1 Å². The van der Waals surface area contributed by atoms with E-state index in [0.29, 0.717) is 16.9 Å². The highest BCUT2D eigenvalue weighted by Gasteiger charge is 2.22. The molecule has 1 aliphatic rings. The fourth-order valence-corrected chi connectivity index (χ4v) is 3.83. The first-order valence-electron chi connectivity index (χ1n) is 8.57. The Bertz CT molecular complexity index is 1120. The first kappa shape index (κ1) is 17.7. The molecule has 2 aromatic carbocycles. The predicted octanol–water partition coefficient (Wildman–Crippen LogP) is 1.57. The van der Waals surface area contributed by atoms with Crippen molar-refractivity contribution in [3.63, 3.8) is 0 Å². The van der Waals surface area contributed by atoms with Crippen LogP contribution in [-0.2, 0) is 14.8 Å². The summed E-state index contributed by atoms with van der Waals surface area (Å²) in [5.74, 6) is -0.0619. The zero-order valence-electron chi connectivity index (χ0n) is 14.4. The van der Waals surface area contributed by atoms with E-state index >= 15 is 0 Å². The van der Waals surface area contributed by atoms with Gasteiger partial charge in [0.1, 0.15) is 5.69 Å². The summed E-state index contributed by atoms with van der Waals surface area (Å²) in [5, 5.41) is 19.3. The molecule has 5 N–H and O–H groups in total. The molecule has 0 saturated carbocycles. The summed E-state index contributed by atoms with van der Waals surface area (Å²) in [6, 6.07) is 11.6. The maximum absolute atomic E-state index is 12.3. The van der Waals surface area contributed by atoms with Crippen molar-refractivity contribution in [1.29, 1.82) is 0 Å². The Morgan fingerprint density at radius 1 is 1.22 bits per heavy atom. The van der Waals surface area contributed by atoms with Crippen molar-refractivity contribution in [2.24, 2.45) is 5.14 Å². The van der Waals surface area contributed by atoms with Crippen LogP contribution in [0, 0.1) is 0 Å². The fourth-order valence-electron chi connectivity index (χ4n) is 3.27. The molecule has 1 saturated heterocycles. The largest absolute Gasteiger partial charge is 0.325 e. The number of carbonyl (C=O) groups excluding carboxylic acids is 1. The standard InChI is InChI=1S/C18H19N5O3S/c19-27(25,26)13-4-1-3-11(9-13)17-14-10-12(6-7-15(14)22-23-17)21-18(24)16-5-2-8-20-16/h1,3-4,6-7,9-10,16,20H,2,5,8H2,(H,21,24)(H,22,23)(H2,19,25,26)/t16-/m0/s1. The topological polar surface area (TPSA) is 130 Å². The molecule has 4 rings (SSSR count). The van der Waals surface area contributed by atoms with E-state index in [4.69, 9.17) is 5.14 Å². The number of nitrogens with one attached hydrogen (secondary N) is 3. The van der Waals surface area contributed by atoms with Gasteiger partial charge in [-0.2, -0.15) is 5.10 Å². The van der Waals surface area contributed by atoms with Crippen molar-refractivity contribution < 1.29 is 13.2 Å². The molecule has 1 fully saturated rings. The molecule has 0 aliphatic carbocycles. The number of aromatic amines is 1. The van der Waals surface area contributed by atoms with E-state index in [2.05, 4.69) is 20.8 Å². The number of nitrogens with two attached hydrogens (primary N) is 1. The number of H-pyrrole nitrogens is 1. The number of nitrogens with zero attached hydrogens (tertiary/aromatic N) is 1. The number of hydrogen-bond acceptors (Lipinski definition) is 5. The molecule has 0 spiro atoms. The smallest absolute Gasteiger partial charge is 0.241 e. The average Bonchev–Trinajstić information content (AvgIpc) is 3.31. The molecule has 27 heavy (non-hydrogen) atoms. The van der Waals surface area contributed by atoms with Gasteiger partial charge in [0.05, 0.1) is 16.5 Å². The quantitative estimate of drug-likeness (QED) is 0.542. The van der Waals surface area contributed by atoms with Gasteiger partial charge in [-0.05, 0) is 49.7 Å². The maximum atomic E-state index is 12.3. The van der Waals surface area contributed by atoms with Crippen LogP contribution in [0.2, 0.25) is 0 Å². The van der Waals surface area contributed by atoms with Crippen LogP contribution in [0.1, 0.15) is 12.8 Å². The molecule has 0 radical (unpaired) electrons. The van der Waals surface area contributed by atoms with E-state index in [0.717, 1.165) is 30.3 Å². The SMILES string of the molecule is NS(=O)(=O)c1cccc(-c2n[nH]c3ccc(NC(=O)[C@@H]4CCCN4)cc23)c1. The lowest BCUT2D eigenvalue weighted by Crippen LogP contribution is -2.35. The minimum absolute atomic E-state index is 0.0212. The highest BCUT2D eigenvalue weighted by atomic mass is 32.2. The number of anilines is 1. The number of carbonyl (C=O) groups is 1. The lowest BCUT2D eigenvalue weighted by atomic mass is 10.1. The molecule has 2 heterocycles. The molecule has 8 nitrogen and oxygen atoms in total. The summed E-state index contributed by atoms with van der Waals surface area (Å²) in [6.45, 7) is 0.851. The maximum Gasteiger partial charge on any atom is 0.241 e. The van der Waals surface area contributed by atoms with Crippen LogP contribution in [0.15, 0.2) is 47.4 Å². The van der Waals surface area contributed by atoms with Gasteiger partial charge < -0.3 is 10.6 Å². The van der Waals surface area contributed by atoms with Crippen LogP contribution in [0.3, 0.4) is 0 Å². The van der Waals surface area contributed by atoms with Crippen LogP contribution in [0.4, 0.5) is 5.69 Å². The molecule has 3 aromatic rings. The third kappa shape index (κ3) is 3.57. The van der Waals surface area contributed by atoms with Crippen molar-refractivity contribution in [3.05, 3.63) is 42.5 Å². The minimum atomic E-state index is -3.81. The molecule has 1 atom stereocenters.